The third-order valence-electron chi connectivity index (χ3n) is 6.72. The summed E-state index contributed by atoms with van der Waals surface area (Å²) in [6.07, 6.45) is 5.88. The molecular formula is C23H30N4O3. The van der Waals surface area contributed by atoms with Crippen molar-refractivity contribution in [1.29, 1.82) is 0 Å². The Labute approximate surface area is 175 Å². The molecule has 2 saturated carbocycles. The van der Waals surface area contributed by atoms with E-state index in [-0.39, 0.29) is 29.9 Å². The summed E-state index contributed by atoms with van der Waals surface area (Å²) in [5.41, 5.74) is 6.23. The molecule has 2 fully saturated rings. The average Bonchev–Trinajstić information content (AvgIpc) is 3.37. The van der Waals surface area contributed by atoms with E-state index in [4.69, 9.17) is 5.73 Å². The molecule has 0 saturated heterocycles. The summed E-state index contributed by atoms with van der Waals surface area (Å²) in [5.74, 6) is 0.930. The second-order valence-corrected chi connectivity index (χ2v) is 8.69. The van der Waals surface area contributed by atoms with Gasteiger partial charge in [-0.1, -0.05) is 50.1 Å². The topological polar surface area (TPSA) is 101 Å². The van der Waals surface area contributed by atoms with Gasteiger partial charge in [-0.3, -0.25) is 24.0 Å². The fourth-order valence-electron chi connectivity index (χ4n) is 5.16. The van der Waals surface area contributed by atoms with Gasteiger partial charge in [-0.2, -0.15) is 0 Å². The number of H-pyrrole nitrogens is 1. The minimum atomic E-state index is -0.599. The zero-order chi connectivity index (χ0) is 21.3. The van der Waals surface area contributed by atoms with Gasteiger partial charge < -0.3 is 5.73 Å². The standard InChI is InChI=1S/C23H30N4O3/c1-2-3-11-26-20(24)19(21(28)25-23(26)30)27(14-15-7-5-4-6-8-15)22(29)18-13-16-9-10-17(18)12-16/h4-8,16-18H,2-3,9-14,24H2,1H3,(H,25,28,30). The Bertz CT molecular complexity index is 1030. The molecule has 1 aromatic carbocycles. The van der Waals surface area contributed by atoms with Crippen molar-refractivity contribution in [3.8, 4) is 0 Å². The first-order chi connectivity index (χ1) is 14.5. The lowest BCUT2D eigenvalue weighted by atomic mass is 9.87. The number of nitrogens with zero attached hydrogens (tertiary/aromatic N) is 2. The number of aromatic nitrogens is 2. The summed E-state index contributed by atoms with van der Waals surface area (Å²) in [6, 6.07) is 9.59. The molecule has 2 bridgehead atoms. The largest absolute Gasteiger partial charge is 0.383 e. The second-order valence-electron chi connectivity index (χ2n) is 8.69. The Kier molecular flexibility index (Phi) is 5.79. The molecule has 7 nitrogen and oxygen atoms in total. The highest BCUT2D eigenvalue weighted by Crippen LogP contribution is 2.49. The molecule has 7 heteroatoms. The lowest BCUT2D eigenvalue weighted by molar-refractivity contribution is -0.124. The first-order valence-electron chi connectivity index (χ1n) is 11.0. The van der Waals surface area contributed by atoms with Gasteiger partial charge in [0.1, 0.15) is 5.82 Å². The SMILES string of the molecule is CCCCn1c(N)c(N(Cc2ccccc2)C(=O)C2CC3CCC2C3)c(=O)[nH]c1=O. The number of aromatic amines is 1. The molecule has 4 rings (SSSR count). The molecule has 160 valence electrons. The number of nitrogen functional groups attached to an aromatic ring is 1. The van der Waals surface area contributed by atoms with Crippen LogP contribution >= 0.6 is 0 Å². The van der Waals surface area contributed by atoms with Crippen LogP contribution in [0, 0.1) is 17.8 Å². The van der Waals surface area contributed by atoms with Gasteiger partial charge in [0.05, 0.1) is 6.54 Å². The maximum Gasteiger partial charge on any atom is 0.330 e. The number of nitrogens with two attached hydrogens (primary N) is 1. The van der Waals surface area contributed by atoms with E-state index in [1.165, 1.54) is 15.9 Å². The number of fused-ring (bicyclic) bond motifs is 2. The Morgan fingerprint density at radius 1 is 1.20 bits per heavy atom. The minimum Gasteiger partial charge on any atom is -0.383 e. The maximum atomic E-state index is 13.7. The molecule has 0 aliphatic heterocycles. The van der Waals surface area contributed by atoms with E-state index in [0.29, 0.717) is 18.4 Å². The lowest BCUT2D eigenvalue weighted by Crippen LogP contribution is -2.44. The van der Waals surface area contributed by atoms with Crippen LogP contribution in [0.3, 0.4) is 0 Å². The quantitative estimate of drug-likeness (QED) is 0.733. The van der Waals surface area contributed by atoms with Crippen molar-refractivity contribution in [1.82, 2.24) is 9.55 Å². The number of amides is 1. The van der Waals surface area contributed by atoms with E-state index in [1.54, 1.807) is 0 Å². The third kappa shape index (κ3) is 3.80. The molecule has 1 aromatic heterocycles. The molecule has 1 heterocycles. The molecule has 3 N–H and O–H groups in total. The normalized spacial score (nSPS) is 22.4. The van der Waals surface area contributed by atoms with Crippen molar-refractivity contribution < 1.29 is 4.79 Å². The molecule has 3 unspecified atom stereocenters. The van der Waals surface area contributed by atoms with E-state index in [0.717, 1.165) is 37.7 Å². The van der Waals surface area contributed by atoms with Crippen LogP contribution in [0.1, 0.15) is 51.0 Å². The van der Waals surface area contributed by atoms with Gasteiger partial charge in [0, 0.05) is 12.5 Å². The number of carbonyl (C=O) groups is 1. The van der Waals surface area contributed by atoms with Crippen molar-refractivity contribution in [3.05, 3.63) is 56.7 Å². The van der Waals surface area contributed by atoms with Crippen LogP contribution in [0.2, 0.25) is 0 Å². The van der Waals surface area contributed by atoms with E-state index in [9.17, 15) is 14.4 Å². The van der Waals surface area contributed by atoms with Crippen LogP contribution < -0.4 is 21.9 Å². The Morgan fingerprint density at radius 2 is 1.97 bits per heavy atom. The summed E-state index contributed by atoms with van der Waals surface area (Å²) >= 11 is 0. The van der Waals surface area contributed by atoms with Crippen molar-refractivity contribution in [3.63, 3.8) is 0 Å². The predicted molar refractivity (Wildman–Crippen MR) is 117 cm³/mol. The van der Waals surface area contributed by atoms with Crippen molar-refractivity contribution >= 4 is 17.4 Å². The summed E-state index contributed by atoms with van der Waals surface area (Å²) in [6.45, 7) is 2.69. The number of anilines is 2. The van der Waals surface area contributed by atoms with Crippen LogP contribution in [-0.2, 0) is 17.9 Å². The summed E-state index contributed by atoms with van der Waals surface area (Å²) < 4.78 is 1.38. The number of benzene rings is 1. The molecule has 2 aliphatic rings. The molecule has 0 spiro atoms. The molecule has 1 amide bonds. The number of nitrogens with one attached hydrogen (secondary N) is 1. The number of hydrogen-bond donors (Lipinski definition) is 2. The number of carbonyl (C=O) groups excluding carboxylic acids is 1. The molecule has 2 aromatic rings. The van der Waals surface area contributed by atoms with E-state index in [2.05, 4.69) is 4.98 Å². The minimum absolute atomic E-state index is 0.0519. The van der Waals surface area contributed by atoms with Gasteiger partial charge in [0.15, 0.2) is 5.69 Å². The van der Waals surface area contributed by atoms with E-state index >= 15 is 0 Å². The van der Waals surface area contributed by atoms with Gasteiger partial charge in [-0.25, -0.2) is 4.79 Å². The second kappa shape index (κ2) is 8.50. The average molecular weight is 411 g/mol. The predicted octanol–water partition coefficient (Wildman–Crippen LogP) is 2.89. The molecular weight excluding hydrogens is 380 g/mol. The Balaban J connectivity index is 1.76. The molecule has 2 aliphatic carbocycles. The molecule has 30 heavy (non-hydrogen) atoms. The van der Waals surface area contributed by atoms with Crippen LogP contribution in [0.4, 0.5) is 11.5 Å². The van der Waals surface area contributed by atoms with Crippen molar-refractivity contribution in [2.45, 2.75) is 58.5 Å². The zero-order valence-electron chi connectivity index (χ0n) is 17.5. The van der Waals surface area contributed by atoms with Gasteiger partial charge in [0.25, 0.3) is 5.56 Å². The van der Waals surface area contributed by atoms with Gasteiger partial charge in [-0.15, -0.1) is 0 Å². The molecule has 0 radical (unpaired) electrons. The Hall–Kier alpha value is -2.83. The lowest BCUT2D eigenvalue weighted by Gasteiger charge is -2.30. The fourth-order valence-corrected chi connectivity index (χ4v) is 5.16. The monoisotopic (exact) mass is 410 g/mol. The van der Waals surface area contributed by atoms with E-state index in [1.807, 2.05) is 37.3 Å². The highest BCUT2D eigenvalue weighted by Gasteiger charge is 2.45. The summed E-state index contributed by atoms with van der Waals surface area (Å²) in [5, 5.41) is 0. The molecule has 3 atom stereocenters. The first-order valence-corrected chi connectivity index (χ1v) is 11.0. The fraction of sp³-hybridized carbons (Fsp3) is 0.522. The van der Waals surface area contributed by atoms with Crippen molar-refractivity contribution in [2.24, 2.45) is 17.8 Å². The summed E-state index contributed by atoms with van der Waals surface area (Å²) in [4.78, 5) is 42.8. The highest BCUT2D eigenvalue weighted by molar-refractivity contribution is 5.97. The van der Waals surface area contributed by atoms with Gasteiger partial charge in [-0.05, 0) is 43.1 Å². The Morgan fingerprint density at radius 3 is 2.60 bits per heavy atom. The smallest absolute Gasteiger partial charge is 0.330 e. The van der Waals surface area contributed by atoms with Crippen LogP contribution in [-0.4, -0.2) is 15.5 Å². The number of rotatable bonds is 7. The first kappa shape index (κ1) is 20.4. The number of hydrogen-bond acceptors (Lipinski definition) is 4. The third-order valence-corrected chi connectivity index (χ3v) is 6.72. The summed E-state index contributed by atoms with van der Waals surface area (Å²) in [7, 11) is 0. The number of unbranched alkanes of at least 4 members (excludes halogenated alkanes) is 1. The van der Waals surface area contributed by atoms with Crippen LogP contribution in [0.25, 0.3) is 0 Å². The zero-order valence-corrected chi connectivity index (χ0v) is 17.5. The van der Waals surface area contributed by atoms with Crippen LogP contribution in [0.15, 0.2) is 39.9 Å². The van der Waals surface area contributed by atoms with E-state index < -0.39 is 11.2 Å². The van der Waals surface area contributed by atoms with Gasteiger partial charge in [0.2, 0.25) is 5.91 Å². The highest BCUT2D eigenvalue weighted by atomic mass is 16.2. The van der Waals surface area contributed by atoms with Crippen LogP contribution in [0.5, 0.6) is 0 Å². The maximum absolute atomic E-state index is 13.7. The van der Waals surface area contributed by atoms with Crippen molar-refractivity contribution in [2.75, 3.05) is 10.6 Å². The van der Waals surface area contributed by atoms with Gasteiger partial charge >= 0.3 is 5.69 Å².